The normalized spacial score (nSPS) is 21.7. The Kier molecular flexibility index (Phi) is 3.87. The lowest BCUT2D eigenvalue weighted by Crippen LogP contribution is -2.43. The largest absolute Gasteiger partial charge is 0.352 e. The Balaban J connectivity index is 1.73. The number of halogens is 1. The molecule has 5 nitrogen and oxygen atoms in total. The van der Waals surface area contributed by atoms with Gasteiger partial charge in [-0.1, -0.05) is 24.4 Å². The number of amides is 2. The molecule has 1 aromatic rings. The van der Waals surface area contributed by atoms with Crippen molar-refractivity contribution in [1.82, 2.24) is 5.32 Å². The minimum Gasteiger partial charge on any atom is -0.352 e. The predicted molar refractivity (Wildman–Crippen MR) is 81.1 cm³/mol. The Morgan fingerprint density at radius 2 is 2.10 bits per heavy atom. The van der Waals surface area contributed by atoms with E-state index in [0.29, 0.717) is 16.3 Å². The SMILES string of the molecule is NC1C(=O)N(CC(=O)NC2CCCC2)c2ccc(Cl)cc21. The number of carbonyl (C=O) groups excluding carboxylic acids is 2. The molecule has 1 saturated carbocycles. The lowest BCUT2D eigenvalue weighted by Gasteiger charge is -2.19. The number of rotatable bonds is 3. The molecule has 0 aromatic heterocycles. The summed E-state index contributed by atoms with van der Waals surface area (Å²) in [7, 11) is 0. The first-order valence-corrected chi connectivity index (χ1v) is 7.60. The molecule has 3 N–H and O–H groups in total. The Morgan fingerprint density at radius 1 is 1.38 bits per heavy atom. The van der Waals surface area contributed by atoms with Gasteiger partial charge in [-0.05, 0) is 31.0 Å². The average Bonchev–Trinajstić information content (AvgIpc) is 3.02. The monoisotopic (exact) mass is 307 g/mol. The van der Waals surface area contributed by atoms with Crippen molar-refractivity contribution in [3.63, 3.8) is 0 Å². The van der Waals surface area contributed by atoms with Crippen LogP contribution in [0.25, 0.3) is 0 Å². The molecule has 1 unspecified atom stereocenters. The highest BCUT2D eigenvalue weighted by Crippen LogP contribution is 2.36. The molecular weight excluding hydrogens is 290 g/mol. The molecule has 21 heavy (non-hydrogen) atoms. The van der Waals surface area contributed by atoms with Crippen molar-refractivity contribution in [2.75, 3.05) is 11.4 Å². The summed E-state index contributed by atoms with van der Waals surface area (Å²) >= 11 is 5.94. The zero-order chi connectivity index (χ0) is 15.0. The zero-order valence-corrected chi connectivity index (χ0v) is 12.4. The van der Waals surface area contributed by atoms with Crippen LogP contribution < -0.4 is 16.0 Å². The van der Waals surface area contributed by atoms with E-state index in [0.717, 1.165) is 25.7 Å². The maximum Gasteiger partial charge on any atom is 0.249 e. The molecule has 3 rings (SSSR count). The minimum absolute atomic E-state index is 0.0116. The number of fused-ring (bicyclic) bond motifs is 1. The summed E-state index contributed by atoms with van der Waals surface area (Å²) in [6.07, 6.45) is 4.34. The van der Waals surface area contributed by atoms with Crippen molar-refractivity contribution in [3.05, 3.63) is 28.8 Å². The Morgan fingerprint density at radius 3 is 2.81 bits per heavy atom. The van der Waals surface area contributed by atoms with Crippen LogP contribution in [0.1, 0.15) is 37.3 Å². The summed E-state index contributed by atoms with van der Waals surface area (Å²) in [5, 5.41) is 3.52. The van der Waals surface area contributed by atoms with Gasteiger partial charge in [0.25, 0.3) is 0 Å². The molecule has 0 radical (unpaired) electrons. The Hall–Kier alpha value is -1.59. The van der Waals surface area contributed by atoms with Gasteiger partial charge >= 0.3 is 0 Å². The smallest absolute Gasteiger partial charge is 0.249 e. The summed E-state index contributed by atoms with van der Waals surface area (Å²) in [4.78, 5) is 25.8. The number of carbonyl (C=O) groups is 2. The molecule has 112 valence electrons. The van der Waals surface area contributed by atoms with Gasteiger partial charge in [-0.2, -0.15) is 0 Å². The Bertz CT molecular complexity index is 584. The van der Waals surface area contributed by atoms with Gasteiger partial charge in [0, 0.05) is 22.3 Å². The number of nitrogens with two attached hydrogens (primary N) is 1. The molecule has 1 fully saturated rings. The van der Waals surface area contributed by atoms with E-state index >= 15 is 0 Å². The van der Waals surface area contributed by atoms with E-state index in [4.69, 9.17) is 17.3 Å². The molecule has 0 saturated heterocycles. The second kappa shape index (κ2) is 5.66. The van der Waals surface area contributed by atoms with E-state index in [1.54, 1.807) is 18.2 Å². The van der Waals surface area contributed by atoms with Crippen molar-refractivity contribution in [3.8, 4) is 0 Å². The second-order valence-corrected chi connectivity index (χ2v) is 6.09. The first-order chi connectivity index (χ1) is 10.1. The van der Waals surface area contributed by atoms with E-state index in [-0.39, 0.29) is 24.4 Å². The van der Waals surface area contributed by atoms with Crippen LogP contribution in [0.2, 0.25) is 5.02 Å². The van der Waals surface area contributed by atoms with Crippen LogP contribution in [0.15, 0.2) is 18.2 Å². The molecule has 1 aliphatic heterocycles. The third-order valence-electron chi connectivity index (χ3n) is 4.17. The quantitative estimate of drug-likeness (QED) is 0.893. The van der Waals surface area contributed by atoms with Gasteiger partial charge < -0.3 is 16.0 Å². The molecule has 1 atom stereocenters. The molecule has 1 aliphatic carbocycles. The standard InChI is InChI=1S/C15H18ClN3O2/c16-9-5-6-12-11(7-9)14(17)15(21)19(12)8-13(20)18-10-3-1-2-4-10/h5-7,10,14H,1-4,8,17H2,(H,18,20). The number of nitrogens with zero attached hydrogens (tertiary/aromatic N) is 1. The van der Waals surface area contributed by atoms with Crippen LogP contribution in [-0.2, 0) is 9.59 Å². The number of anilines is 1. The molecular formula is C15H18ClN3O2. The third-order valence-corrected chi connectivity index (χ3v) is 4.40. The van der Waals surface area contributed by atoms with Crippen LogP contribution in [0.5, 0.6) is 0 Å². The predicted octanol–water partition coefficient (Wildman–Crippen LogP) is 1.75. The number of nitrogens with one attached hydrogen (secondary N) is 1. The molecule has 1 aromatic carbocycles. The highest BCUT2D eigenvalue weighted by molar-refractivity contribution is 6.31. The van der Waals surface area contributed by atoms with Gasteiger partial charge in [0.05, 0.1) is 0 Å². The van der Waals surface area contributed by atoms with Crippen LogP contribution in [0.3, 0.4) is 0 Å². The van der Waals surface area contributed by atoms with Crippen LogP contribution in [0.4, 0.5) is 5.69 Å². The molecule has 0 spiro atoms. The summed E-state index contributed by atoms with van der Waals surface area (Å²) in [5.41, 5.74) is 7.27. The lowest BCUT2D eigenvalue weighted by molar-refractivity contribution is -0.124. The van der Waals surface area contributed by atoms with Crippen LogP contribution in [0, 0.1) is 0 Å². The molecule has 6 heteroatoms. The number of hydrogen-bond acceptors (Lipinski definition) is 3. The van der Waals surface area contributed by atoms with Crippen molar-refractivity contribution >= 4 is 29.1 Å². The van der Waals surface area contributed by atoms with E-state index in [1.807, 2.05) is 0 Å². The minimum atomic E-state index is -0.738. The van der Waals surface area contributed by atoms with Crippen LogP contribution in [-0.4, -0.2) is 24.4 Å². The summed E-state index contributed by atoms with van der Waals surface area (Å²) in [5.74, 6) is -0.390. The fraction of sp³-hybridized carbons (Fsp3) is 0.467. The molecule has 2 amide bonds. The van der Waals surface area contributed by atoms with Gasteiger partial charge in [0.15, 0.2) is 0 Å². The molecule has 1 heterocycles. The number of benzene rings is 1. The second-order valence-electron chi connectivity index (χ2n) is 5.65. The van der Waals surface area contributed by atoms with E-state index in [1.165, 1.54) is 4.90 Å². The average molecular weight is 308 g/mol. The van der Waals surface area contributed by atoms with E-state index in [9.17, 15) is 9.59 Å². The topological polar surface area (TPSA) is 75.4 Å². The fourth-order valence-electron chi connectivity index (χ4n) is 3.09. The van der Waals surface area contributed by atoms with Crippen molar-refractivity contribution in [2.24, 2.45) is 5.73 Å². The van der Waals surface area contributed by atoms with E-state index < -0.39 is 6.04 Å². The van der Waals surface area contributed by atoms with Gasteiger partial charge in [-0.3, -0.25) is 9.59 Å². The van der Waals surface area contributed by atoms with Gasteiger partial charge in [0.1, 0.15) is 12.6 Å². The van der Waals surface area contributed by atoms with E-state index in [2.05, 4.69) is 5.32 Å². The fourth-order valence-corrected chi connectivity index (χ4v) is 3.27. The van der Waals surface area contributed by atoms with Crippen molar-refractivity contribution in [1.29, 1.82) is 0 Å². The summed E-state index contributed by atoms with van der Waals surface area (Å²) in [6.45, 7) is 0.0116. The highest BCUT2D eigenvalue weighted by Gasteiger charge is 2.36. The molecule has 2 aliphatic rings. The van der Waals surface area contributed by atoms with Crippen molar-refractivity contribution < 1.29 is 9.59 Å². The lowest BCUT2D eigenvalue weighted by atomic mass is 10.1. The highest BCUT2D eigenvalue weighted by atomic mass is 35.5. The zero-order valence-electron chi connectivity index (χ0n) is 11.6. The summed E-state index contributed by atoms with van der Waals surface area (Å²) < 4.78 is 0. The van der Waals surface area contributed by atoms with Gasteiger partial charge in [0.2, 0.25) is 11.8 Å². The Labute approximate surface area is 128 Å². The maximum atomic E-state index is 12.2. The van der Waals surface area contributed by atoms with Crippen molar-refractivity contribution in [2.45, 2.75) is 37.8 Å². The maximum absolute atomic E-state index is 12.2. The molecule has 0 bridgehead atoms. The van der Waals surface area contributed by atoms with Gasteiger partial charge in [-0.15, -0.1) is 0 Å². The first kappa shape index (κ1) is 14.4. The van der Waals surface area contributed by atoms with Crippen LogP contribution >= 0.6 is 11.6 Å². The first-order valence-electron chi connectivity index (χ1n) is 7.22. The summed E-state index contributed by atoms with van der Waals surface area (Å²) in [6, 6.07) is 4.64. The third kappa shape index (κ3) is 2.76. The number of hydrogen-bond donors (Lipinski definition) is 2. The van der Waals surface area contributed by atoms with Gasteiger partial charge in [-0.25, -0.2) is 0 Å².